The van der Waals surface area contributed by atoms with E-state index in [0.717, 1.165) is 33.7 Å². The van der Waals surface area contributed by atoms with E-state index < -0.39 is 27.2 Å². The van der Waals surface area contributed by atoms with Crippen LogP contribution in [0.25, 0.3) is 22.9 Å². The minimum atomic E-state index is -4.31. The van der Waals surface area contributed by atoms with Crippen LogP contribution in [-0.2, 0) is 21.3 Å². The lowest BCUT2D eigenvalue weighted by atomic mass is 9.79. The highest BCUT2D eigenvalue weighted by Crippen LogP contribution is 2.38. The molecule has 4 aliphatic rings. The molecule has 10 nitrogen and oxygen atoms in total. The summed E-state index contributed by atoms with van der Waals surface area (Å²) in [7, 11) is -4.31. The van der Waals surface area contributed by atoms with Crippen molar-refractivity contribution in [3.05, 3.63) is 81.8 Å². The Balaban J connectivity index is 0.000000242. The number of nitrogens with zero attached hydrogens (tertiary/aromatic N) is 6. The van der Waals surface area contributed by atoms with Gasteiger partial charge in [-0.2, -0.15) is 13.4 Å². The van der Waals surface area contributed by atoms with Gasteiger partial charge in [0.2, 0.25) is 0 Å². The first-order valence-corrected chi connectivity index (χ1v) is 14.2. The number of amidine groups is 1. The standard InChI is InChI=1S/C24H22N2O3S.C5H2N4O/c1-14-12-26-23(13-25-14)22-11-21-17(15(2)24(22)30(27,28)29)9-10-19-18-6-4-3-5-16(18)7-8-20(19)21;10-5-3-4(7-1-6-3)8-2-9-5/h3-4,6-13,15,22,24H,5H2,1-2H3,(H,27,28,29);1-2H. The number of amides is 1. The van der Waals surface area contributed by atoms with E-state index in [4.69, 9.17) is 0 Å². The molecule has 11 heteroatoms. The molecule has 1 amide bonds. The number of fused-ring (bicyclic) bond motifs is 6. The van der Waals surface area contributed by atoms with Gasteiger partial charge in [0.05, 0.1) is 11.4 Å². The molecule has 3 aromatic rings. The fourth-order valence-corrected chi connectivity index (χ4v) is 6.82. The normalized spacial score (nSPS) is 22.2. The lowest BCUT2D eigenvalue weighted by Crippen LogP contribution is -2.39. The Labute approximate surface area is 229 Å². The molecule has 40 heavy (non-hydrogen) atoms. The second-order valence-electron chi connectivity index (χ2n) is 9.87. The Bertz CT molecular complexity index is 1950. The summed E-state index contributed by atoms with van der Waals surface area (Å²) in [6.07, 6.45) is 14.9. The van der Waals surface area contributed by atoms with E-state index in [2.05, 4.69) is 66.4 Å². The average molecular weight is 553 g/mol. The van der Waals surface area contributed by atoms with Crippen molar-refractivity contribution >= 4 is 63.2 Å². The maximum Gasteiger partial charge on any atom is 0.301 e. The number of aliphatic imine (C=N–C) groups is 4. The molecule has 0 saturated heterocycles. The van der Waals surface area contributed by atoms with Crippen LogP contribution in [0.4, 0.5) is 0 Å². The maximum atomic E-state index is 12.4. The van der Waals surface area contributed by atoms with E-state index in [-0.39, 0.29) is 11.6 Å². The van der Waals surface area contributed by atoms with E-state index in [1.54, 1.807) is 12.4 Å². The van der Waals surface area contributed by atoms with Crippen LogP contribution < -0.4 is 10.4 Å². The number of hydrogen-bond donors (Lipinski definition) is 1. The zero-order valence-corrected chi connectivity index (χ0v) is 22.4. The van der Waals surface area contributed by atoms with E-state index in [1.807, 2.05) is 26.0 Å². The van der Waals surface area contributed by atoms with Crippen LogP contribution >= 0.6 is 0 Å². The van der Waals surface area contributed by atoms with E-state index in [0.29, 0.717) is 11.5 Å². The third-order valence-electron chi connectivity index (χ3n) is 7.45. The van der Waals surface area contributed by atoms with Gasteiger partial charge >= 0.3 is 5.91 Å². The summed E-state index contributed by atoms with van der Waals surface area (Å²) < 4.78 is 34.9. The Kier molecular flexibility index (Phi) is 6.40. The number of aryl methyl sites for hydroxylation is 1. The Morgan fingerprint density at radius 2 is 1.73 bits per heavy atom. The van der Waals surface area contributed by atoms with Crippen LogP contribution in [0.1, 0.15) is 41.3 Å². The zero-order valence-electron chi connectivity index (χ0n) is 21.6. The van der Waals surface area contributed by atoms with Crippen molar-refractivity contribution in [2.24, 2.45) is 20.0 Å². The molecule has 2 aliphatic carbocycles. The molecule has 0 bridgehead atoms. The van der Waals surface area contributed by atoms with Crippen molar-refractivity contribution in [1.29, 1.82) is 0 Å². The van der Waals surface area contributed by atoms with Gasteiger partial charge in [0.15, 0.2) is 11.5 Å². The molecule has 2 aliphatic heterocycles. The van der Waals surface area contributed by atoms with Gasteiger partial charge in [-0.15, -0.1) is 0 Å². The molecular weight excluding hydrogens is 528 g/mol. The van der Waals surface area contributed by atoms with Gasteiger partial charge in [0.25, 0.3) is 10.1 Å². The van der Waals surface area contributed by atoms with Crippen molar-refractivity contribution in [1.82, 2.24) is 9.97 Å². The highest BCUT2D eigenvalue weighted by Gasteiger charge is 2.41. The molecule has 3 heterocycles. The highest BCUT2D eigenvalue weighted by atomic mass is 32.2. The molecular formula is C29H24N6O4S. The lowest BCUT2D eigenvalue weighted by molar-refractivity contribution is -0.111. The summed E-state index contributed by atoms with van der Waals surface area (Å²) in [6.45, 7) is 3.69. The first kappa shape index (κ1) is 25.8. The molecule has 2 aromatic carbocycles. The summed E-state index contributed by atoms with van der Waals surface area (Å²) in [5.41, 5.74) is 3.75. The largest absolute Gasteiger partial charge is 0.301 e. The first-order valence-electron chi connectivity index (χ1n) is 12.7. The predicted octanol–water partition coefficient (Wildman–Crippen LogP) is 2.21. The number of hydrogen-bond acceptors (Lipinski definition) is 8. The summed E-state index contributed by atoms with van der Waals surface area (Å²) in [6, 6.07) is 8.33. The van der Waals surface area contributed by atoms with Crippen LogP contribution in [0.2, 0.25) is 0 Å². The Morgan fingerprint density at radius 1 is 0.950 bits per heavy atom. The van der Waals surface area contributed by atoms with E-state index in [1.165, 1.54) is 23.5 Å². The molecule has 3 unspecified atom stereocenters. The summed E-state index contributed by atoms with van der Waals surface area (Å²) >= 11 is 0. The van der Waals surface area contributed by atoms with Crippen molar-refractivity contribution in [3.8, 4) is 0 Å². The van der Waals surface area contributed by atoms with Crippen LogP contribution in [-0.4, -0.2) is 58.3 Å². The Morgan fingerprint density at radius 3 is 2.48 bits per heavy atom. The zero-order chi connectivity index (χ0) is 28.0. The van der Waals surface area contributed by atoms with Crippen molar-refractivity contribution < 1.29 is 17.8 Å². The molecule has 0 radical (unpaired) electrons. The second kappa shape index (κ2) is 9.92. The Hall–Kier alpha value is -4.48. The summed E-state index contributed by atoms with van der Waals surface area (Å²) in [5, 5.41) is 3.45. The van der Waals surface area contributed by atoms with Gasteiger partial charge in [0.1, 0.15) is 17.9 Å². The number of rotatable bonds is 2. The number of benzene rings is 2. The van der Waals surface area contributed by atoms with E-state index in [9.17, 15) is 17.8 Å². The van der Waals surface area contributed by atoms with Gasteiger partial charge in [-0.1, -0.05) is 55.5 Å². The molecule has 0 spiro atoms. The number of allylic oxidation sites excluding steroid dienone is 2. The van der Waals surface area contributed by atoms with Gasteiger partial charge in [-0.05, 0) is 45.7 Å². The van der Waals surface area contributed by atoms with Crippen molar-refractivity contribution in [2.75, 3.05) is 0 Å². The smallest absolute Gasteiger partial charge is 0.285 e. The number of carbonyl (C=O) groups excluding carboxylic acids is 1. The third kappa shape index (κ3) is 4.52. The fourth-order valence-electron chi connectivity index (χ4n) is 5.57. The topological polar surface area (TPSA) is 147 Å². The first-order chi connectivity index (χ1) is 19.2. The number of aromatic nitrogens is 2. The summed E-state index contributed by atoms with van der Waals surface area (Å²) in [5.74, 6) is -0.985. The second-order valence-corrected chi connectivity index (χ2v) is 11.4. The SMILES string of the molecule is Cc1cnc(C2C=c3c(ccc4c5c(ccc34)CC=CC=5)C(C)C2S(=O)(=O)O)cn1.O=C1N=CN=C2N=CN=C12. The van der Waals surface area contributed by atoms with Crippen LogP contribution in [0.3, 0.4) is 0 Å². The maximum absolute atomic E-state index is 12.4. The quantitative estimate of drug-likeness (QED) is 0.482. The van der Waals surface area contributed by atoms with Crippen molar-refractivity contribution in [3.63, 3.8) is 0 Å². The van der Waals surface area contributed by atoms with Crippen molar-refractivity contribution in [2.45, 2.75) is 37.4 Å². The minimum Gasteiger partial charge on any atom is -0.285 e. The van der Waals surface area contributed by atoms with E-state index >= 15 is 0 Å². The van der Waals surface area contributed by atoms with Gasteiger partial charge in [0, 0.05) is 24.2 Å². The average Bonchev–Trinajstić information content (AvgIpc) is 3.43. The number of carbonyl (C=O) groups is 1. The molecule has 7 rings (SSSR count). The van der Waals surface area contributed by atoms with Gasteiger partial charge < -0.3 is 0 Å². The molecule has 1 aromatic heterocycles. The lowest BCUT2D eigenvalue weighted by Gasteiger charge is -2.32. The van der Waals surface area contributed by atoms with Crippen LogP contribution in [0.5, 0.6) is 0 Å². The predicted molar refractivity (Wildman–Crippen MR) is 155 cm³/mol. The minimum absolute atomic E-state index is 0.238. The molecule has 0 fully saturated rings. The van der Waals surface area contributed by atoms with Crippen LogP contribution in [0, 0.1) is 6.92 Å². The molecule has 0 saturated carbocycles. The van der Waals surface area contributed by atoms with Gasteiger partial charge in [-0.3, -0.25) is 19.3 Å². The monoisotopic (exact) mass is 552 g/mol. The highest BCUT2D eigenvalue weighted by molar-refractivity contribution is 7.86. The van der Waals surface area contributed by atoms with Crippen LogP contribution in [0.15, 0.2) is 68.8 Å². The van der Waals surface area contributed by atoms with Gasteiger partial charge in [-0.25, -0.2) is 15.0 Å². The fraction of sp³-hybridized carbons (Fsp3) is 0.207. The third-order valence-corrected chi connectivity index (χ3v) is 8.84. The molecule has 200 valence electrons. The molecule has 1 N–H and O–H groups in total. The molecule has 3 atom stereocenters. The summed E-state index contributed by atoms with van der Waals surface area (Å²) in [4.78, 5) is 34.0.